The van der Waals surface area contributed by atoms with Crippen LogP contribution in [0.4, 0.5) is 13.2 Å². The van der Waals surface area contributed by atoms with Crippen molar-refractivity contribution in [3.8, 4) is 0 Å². The van der Waals surface area contributed by atoms with Crippen LogP contribution in [-0.2, 0) is 11.2 Å². The highest BCUT2D eigenvalue weighted by Crippen LogP contribution is 2.21. The summed E-state index contributed by atoms with van der Waals surface area (Å²) in [6.07, 6.45) is 0.124. The normalized spacial score (nSPS) is 13.1. The topological polar surface area (TPSA) is 49.3 Å². The minimum absolute atomic E-state index is 0.103. The van der Waals surface area contributed by atoms with Crippen molar-refractivity contribution in [2.75, 3.05) is 6.61 Å². The fraction of sp³-hybridized carbons (Fsp3) is 0.533. The SMILES string of the molecule is CC(C)(C)CC(CO)NC(=O)Cc1cc(F)c(F)cc1F. The van der Waals surface area contributed by atoms with Crippen molar-refractivity contribution in [2.24, 2.45) is 5.41 Å². The van der Waals surface area contributed by atoms with Crippen molar-refractivity contribution in [3.63, 3.8) is 0 Å². The fourth-order valence-corrected chi connectivity index (χ4v) is 2.05. The number of nitrogens with one attached hydrogen (secondary N) is 1. The van der Waals surface area contributed by atoms with Crippen LogP contribution in [0.15, 0.2) is 12.1 Å². The maximum atomic E-state index is 13.4. The molecule has 1 aromatic rings. The van der Waals surface area contributed by atoms with E-state index < -0.39 is 35.8 Å². The van der Waals surface area contributed by atoms with Crippen LogP contribution in [0, 0.1) is 22.9 Å². The first-order valence-electron chi connectivity index (χ1n) is 6.66. The van der Waals surface area contributed by atoms with E-state index in [4.69, 9.17) is 0 Å². The Morgan fingerprint density at radius 2 is 1.76 bits per heavy atom. The maximum Gasteiger partial charge on any atom is 0.224 e. The summed E-state index contributed by atoms with van der Waals surface area (Å²) in [4.78, 5) is 11.8. The molecule has 0 saturated heterocycles. The highest BCUT2D eigenvalue weighted by molar-refractivity contribution is 5.78. The van der Waals surface area contributed by atoms with Crippen molar-refractivity contribution in [1.82, 2.24) is 5.32 Å². The number of halogens is 3. The van der Waals surface area contributed by atoms with Crippen molar-refractivity contribution in [2.45, 2.75) is 39.7 Å². The van der Waals surface area contributed by atoms with E-state index in [0.717, 1.165) is 0 Å². The summed E-state index contributed by atoms with van der Waals surface area (Å²) < 4.78 is 39.3. The number of carbonyl (C=O) groups excluding carboxylic acids is 1. The first-order chi connectivity index (χ1) is 9.62. The zero-order valence-electron chi connectivity index (χ0n) is 12.3. The molecule has 0 spiro atoms. The van der Waals surface area contributed by atoms with Crippen LogP contribution in [0.1, 0.15) is 32.8 Å². The molecule has 21 heavy (non-hydrogen) atoms. The molecule has 3 nitrogen and oxygen atoms in total. The van der Waals surface area contributed by atoms with Crippen molar-refractivity contribution >= 4 is 5.91 Å². The van der Waals surface area contributed by atoms with E-state index >= 15 is 0 Å². The number of aliphatic hydroxyl groups is 1. The lowest BCUT2D eigenvalue weighted by atomic mass is 9.88. The minimum atomic E-state index is -1.29. The number of hydrogen-bond donors (Lipinski definition) is 2. The van der Waals surface area contributed by atoms with Crippen molar-refractivity contribution in [3.05, 3.63) is 35.1 Å². The zero-order valence-corrected chi connectivity index (χ0v) is 12.3. The van der Waals surface area contributed by atoms with Crippen molar-refractivity contribution < 1.29 is 23.1 Å². The number of carbonyl (C=O) groups is 1. The summed E-state index contributed by atoms with van der Waals surface area (Å²) in [7, 11) is 0. The van der Waals surface area contributed by atoms with E-state index in [9.17, 15) is 23.1 Å². The Morgan fingerprint density at radius 1 is 1.19 bits per heavy atom. The van der Waals surface area contributed by atoms with Gasteiger partial charge < -0.3 is 10.4 Å². The first-order valence-corrected chi connectivity index (χ1v) is 6.66. The maximum absolute atomic E-state index is 13.4. The summed E-state index contributed by atoms with van der Waals surface area (Å²) in [6, 6.07) is 0.615. The summed E-state index contributed by atoms with van der Waals surface area (Å²) in [5.74, 6) is -4.02. The van der Waals surface area contributed by atoms with Crippen molar-refractivity contribution in [1.29, 1.82) is 0 Å². The molecule has 0 heterocycles. The Labute approximate surface area is 122 Å². The Bertz CT molecular complexity index is 512. The van der Waals surface area contributed by atoms with Gasteiger partial charge in [0.1, 0.15) is 5.82 Å². The van der Waals surface area contributed by atoms with E-state index in [0.29, 0.717) is 18.6 Å². The fourth-order valence-electron chi connectivity index (χ4n) is 2.05. The molecule has 118 valence electrons. The van der Waals surface area contributed by atoms with E-state index in [-0.39, 0.29) is 17.6 Å². The molecule has 6 heteroatoms. The monoisotopic (exact) mass is 303 g/mol. The number of aliphatic hydroxyl groups excluding tert-OH is 1. The lowest BCUT2D eigenvalue weighted by Crippen LogP contribution is -2.40. The Hall–Kier alpha value is -1.56. The molecule has 0 fully saturated rings. The van der Waals surface area contributed by atoms with Crippen LogP contribution < -0.4 is 5.32 Å². The van der Waals surface area contributed by atoms with Gasteiger partial charge in [0.2, 0.25) is 5.91 Å². The van der Waals surface area contributed by atoms with Gasteiger partial charge in [-0.05, 0) is 17.9 Å². The van der Waals surface area contributed by atoms with Crippen LogP contribution in [0.25, 0.3) is 0 Å². The molecule has 1 aromatic carbocycles. The molecule has 0 aliphatic rings. The summed E-state index contributed by atoms with van der Waals surface area (Å²) in [5.41, 5.74) is -0.327. The Kier molecular flexibility index (Phi) is 5.78. The van der Waals surface area contributed by atoms with Crippen LogP contribution >= 0.6 is 0 Å². The Balaban J connectivity index is 2.71. The van der Waals surface area contributed by atoms with Gasteiger partial charge in [-0.15, -0.1) is 0 Å². The standard InChI is InChI=1S/C15H20F3NO2/c1-15(2,3)7-10(8-20)19-14(21)5-9-4-12(17)13(18)6-11(9)16/h4,6,10,20H,5,7-8H2,1-3H3,(H,19,21). The summed E-state index contributed by atoms with van der Waals surface area (Å²) in [5, 5.41) is 11.8. The van der Waals surface area contributed by atoms with Gasteiger partial charge in [0.25, 0.3) is 0 Å². The third-order valence-electron chi connectivity index (χ3n) is 2.88. The number of amides is 1. The zero-order chi connectivity index (χ0) is 16.2. The molecule has 1 atom stereocenters. The molecule has 1 rings (SSSR count). The molecule has 1 unspecified atom stereocenters. The van der Waals surface area contributed by atoms with Crippen LogP contribution in [0.2, 0.25) is 0 Å². The lowest BCUT2D eigenvalue weighted by molar-refractivity contribution is -0.121. The molecule has 0 aliphatic carbocycles. The quantitative estimate of drug-likeness (QED) is 0.821. The smallest absolute Gasteiger partial charge is 0.224 e. The molecule has 0 aromatic heterocycles. The predicted octanol–water partition coefficient (Wildman–Crippen LogP) is 2.56. The Morgan fingerprint density at radius 3 is 2.29 bits per heavy atom. The van der Waals surface area contributed by atoms with Gasteiger partial charge in [0.15, 0.2) is 11.6 Å². The molecular weight excluding hydrogens is 283 g/mol. The van der Waals surface area contributed by atoms with E-state index in [1.54, 1.807) is 0 Å². The third kappa shape index (κ3) is 5.75. The predicted molar refractivity (Wildman–Crippen MR) is 73.1 cm³/mol. The number of benzene rings is 1. The van der Waals surface area contributed by atoms with Gasteiger partial charge in [0, 0.05) is 11.6 Å². The second-order valence-corrected chi connectivity index (χ2v) is 6.25. The van der Waals surface area contributed by atoms with Crippen LogP contribution in [0.5, 0.6) is 0 Å². The molecule has 1 amide bonds. The van der Waals surface area contributed by atoms with Gasteiger partial charge in [-0.3, -0.25) is 4.79 Å². The van der Waals surface area contributed by atoms with E-state index in [2.05, 4.69) is 5.32 Å². The second-order valence-electron chi connectivity index (χ2n) is 6.25. The third-order valence-corrected chi connectivity index (χ3v) is 2.88. The minimum Gasteiger partial charge on any atom is -0.394 e. The van der Waals surface area contributed by atoms with Crippen LogP contribution in [-0.4, -0.2) is 23.7 Å². The summed E-state index contributed by atoms with van der Waals surface area (Å²) in [6.45, 7) is 5.62. The highest BCUT2D eigenvalue weighted by Gasteiger charge is 2.21. The average molecular weight is 303 g/mol. The van der Waals surface area contributed by atoms with Gasteiger partial charge in [-0.25, -0.2) is 13.2 Å². The van der Waals surface area contributed by atoms with Gasteiger partial charge in [0.05, 0.1) is 19.1 Å². The molecule has 0 bridgehead atoms. The second kappa shape index (κ2) is 6.93. The summed E-state index contributed by atoms with van der Waals surface area (Å²) >= 11 is 0. The van der Waals surface area contributed by atoms with E-state index in [1.165, 1.54) is 0 Å². The molecular formula is C15H20F3NO2. The first kappa shape index (κ1) is 17.5. The molecule has 0 aliphatic heterocycles. The van der Waals surface area contributed by atoms with Gasteiger partial charge in [-0.1, -0.05) is 20.8 Å². The van der Waals surface area contributed by atoms with Gasteiger partial charge in [-0.2, -0.15) is 0 Å². The van der Waals surface area contributed by atoms with E-state index in [1.807, 2.05) is 20.8 Å². The van der Waals surface area contributed by atoms with Gasteiger partial charge >= 0.3 is 0 Å². The number of rotatable bonds is 5. The number of hydrogen-bond acceptors (Lipinski definition) is 2. The molecule has 0 radical (unpaired) electrons. The molecule has 2 N–H and O–H groups in total. The largest absolute Gasteiger partial charge is 0.394 e. The lowest BCUT2D eigenvalue weighted by Gasteiger charge is -2.25. The average Bonchev–Trinajstić information content (AvgIpc) is 2.33. The highest BCUT2D eigenvalue weighted by atomic mass is 19.2. The van der Waals surface area contributed by atoms with Crippen LogP contribution in [0.3, 0.4) is 0 Å². The molecule has 0 saturated carbocycles.